The van der Waals surface area contributed by atoms with Crippen molar-refractivity contribution >= 4 is 5.97 Å². The number of rotatable bonds is 5. The number of fused-ring (bicyclic) bond motifs is 5. The molecule has 4 saturated carbocycles. The average molecular weight is 421 g/mol. The molecule has 0 spiro atoms. The summed E-state index contributed by atoms with van der Waals surface area (Å²) in [6.07, 6.45) is 11.2. The van der Waals surface area contributed by atoms with Gasteiger partial charge in [-0.05, 0) is 104 Å². The van der Waals surface area contributed by atoms with Crippen LogP contribution in [-0.2, 0) is 14.3 Å². The second kappa shape index (κ2) is 8.39. The molecule has 4 aliphatic rings. The molecule has 0 aromatic carbocycles. The number of hydrogen-bond donors (Lipinski definition) is 1. The summed E-state index contributed by atoms with van der Waals surface area (Å²) in [7, 11) is 3.41. The molecule has 10 atom stereocenters. The van der Waals surface area contributed by atoms with Crippen molar-refractivity contribution in [3.05, 3.63) is 0 Å². The molecule has 4 nitrogen and oxygen atoms in total. The molecule has 30 heavy (non-hydrogen) atoms. The monoisotopic (exact) mass is 420 g/mol. The molecule has 4 heteroatoms. The van der Waals surface area contributed by atoms with Gasteiger partial charge in [0.1, 0.15) is 0 Å². The SMILES string of the molecule is COC(=O)CCC(C)C1CC[C@H]2C3C(CCC12C)C1(C)CC[C@@H](O)C[C@@H]1C[C@@H]3OC. The fourth-order valence-electron chi connectivity index (χ4n) is 9.05. The zero-order valence-electron chi connectivity index (χ0n) is 19.9. The number of aliphatic hydroxyl groups is 1. The third kappa shape index (κ3) is 3.54. The standard InChI is InChI=1S/C26H44O4/c1-16(6-9-23(28)30-5)19-7-8-20-24-21(11-13-26(19,20)3)25(2)12-10-18(27)14-17(25)15-22(24)29-4/h16-22,24,27H,6-15H2,1-5H3/t16?,17-,18-,19?,20+,21?,22+,24?,25?,26?/m1/s1. The zero-order valence-corrected chi connectivity index (χ0v) is 19.9. The highest BCUT2D eigenvalue weighted by Gasteiger charge is 2.63. The summed E-state index contributed by atoms with van der Waals surface area (Å²) in [5.41, 5.74) is 0.736. The quantitative estimate of drug-likeness (QED) is 0.620. The molecule has 0 amide bonds. The van der Waals surface area contributed by atoms with Crippen molar-refractivity contribution in [3.63, 3.8) is 0 Å². The normalized spacial score (nSPS) is 48.9. The number of ether oxygens (including phenoxy) is 2. The van der Waals surface area contributed by atoms with E-state index in [4.69, 9.17) is 9.47 Å². The molecular weight excluding hydrogens is 376 g/mol. The van der Waals surface area contributed by atoms with Gasteiger partial charge in [-0.15, -0.1) is 0 Å². The third-order valence-corrected chi connectivity index (χ3v) is 10.7. The van der Waals surface area contributed by atoms with Crippen molar-refractivity contribution in [2.75, 3.05) is 14.2 Å². The summed E-state index contributed by atoms with van der Waals surface area (Å²) in [4.78, 5) is 11.7. The number of esters is 1. The van der Waals surface area contributed by atoms with Gasteiger partial charge in [-0.2, -0.15) is 0 Å². The maximum absolute atomic E-state index is 11.7. The molecule has 0 heterocycles. The molecule has 0 aromatic rings. The van der Waals surface area contributed by atoms with Crippen molar-refractivity contribution in [1.29, 1.82) is 0 Å². The van der Waals surface area contributed by atoms with E-state index >= 15 is 0 Å². The third-order valence-electron chi connectivity index (χ3n) is 10.7. The number of aliphatic hydroxyl groups excluding tert-OH is 1. The van der Waals surface area contributed by atoms with Gasteiger partial charge < -0.3 is 14.6 Å². The van der Waals surface area contributed by atoms with E-state index in [0.29, 0.717) is 47.0 Å². The van der Waals surface area contributed by atoms with Gasteiger partial charge >= 0.3 is 5.97 Å². The number of methoxy groups -OCH3 is 2. The Bertz CT molecular complexity index is 635. The molecule has 6 unspecified atom stereocenters. The fraction of sp³-hybridized carbons (Fsp3) is 0.962. The minimum absolute atomic E-state index is 0.0737. The van der Waals surface area contributed by atoms with Crippen molar-refractivity contribution < 1.29 is 19.4 Å². The van der Waals surface area contributed by atoms with Crippen LogP contribution in [0.3, 0.4) is 0 Å². The largest absolute Gasteiger partial charge is 0.469 e. The Labute approximate surface area is 183 Å². The van der Waals surface area contributed by atoms with Gasteiger partial charge in [-0.25, -0.2) is 0 Å². The van der Waals surface area contributed by atoms with Crippen molar-refractivity contribution in [1.82, 2.24) is 0 Å². The molecule has 0 bridgehead atoms. The van der Waals surface area contributed by atoms with Gasteiger partial charge in [0.2, 0.25) is 0 Å². The number of hydrogen-bond acceptors (Lipinski definition) is 4. The second-order valence-electron chi connectivity index (χ2n) is 11.8. The van der Waals surface area contributed by atoms with Crippen LogP contribution in [0.1, 0.15) is 85.0 Å². The number of carbonyl (C=O) groups is 1. The predicted molar refractivity (Wildman–Crippen MR) is 118 cm³/mol. The summed E-state index contributed by atoms with van der Waals surface area (Å²) >= 11 is 0. The number of carbonyl (C=O) groups excluding carboxylic acids is 1. The van der Waals surface area contributed by atoms with Crippen LogP contribution in [0, 0.1) is 46.3 Å². The Morgan fingerprint density at radius 2 is 1.73 bits per heavy atom. The molecule has 0 radical (unpaired) electrons. The molecule has 4 aliphatic carbocycles. The summed E-state index contributed by atoms with van der Waals surface area (Å²) in [5.74, 6) is 3.91. The van der Waals surface area contributed by atoms with Crippen LogP contribution in [0.25, 0.3) is 0 Å². The topological polar surface area (TPSA) is 55.8 Å². The highest BCUT2D eigenvalue weighted by molar-refractivity contribution is 5.69. The first kappa shape index (κ1) is 22.6. The van der Waals surface area contributed by atoms with E-state index in [1.165, 1.54) is 39.2 Å². The van der Waals surface area contributed by atoms with Crippen LogP contribution in [0.15, 0.2) is 0 Å². The summed E-state index contributed by atoms with van der Waals surface area (Å²) in [6.45, 7) is 7.47. The summed E-state index contributed by atoms with van der Waals surface area (Å²) in [6, 6.07) is 0. The first-order chi connectivity index (χ1) is 14.2. The lowest BCUT2D eigenvalue weighted by atomic mass is 9.43. The van der Waals surface area contributed by atoms with Crippen LogP contribution < -0.4 is 0 Å². The summed E-state index contributed by atoms with van der Waals surface area (Å²) < 4.78 is 11.1. The first-order valence-electron chi connectivity index (χ1n) is 12.5. The molecular formula is C26H44O4. The minimum Gasteiger partial charge on any atom is -0.469 e. The molecule has 4 fully saturated rings. The smallest absolute Gasteiger partial charge is 0.305 e. The maximum atomic E-state index is 11.7. The molecule has 0 aliphatic heterocycles. The Balaban J connectivity index is 1.55. The van der Waals surface area contributed by atoms with Crippen molar-refractivity contribution in [2.24, 2.45) is 46.3 Å². The lowest BCUT2D eigenvalue weighted by molar-refractivity contribution is -0.181. The predicted octanol–water partition coefficient (Wildman–Crippen LogP) is 5.22. The van der Waals surface area contributed by atoms with Gasteiger partial charge in [0.25, 0.3) is 0 Å². The van der Waals surface area contributed by atoms with E-state index in [-0.39, 0.29) is 12.1 Å². The van der Waals surface area contributed by atoms with Crippen LogP contribution in [0.4, 0.5) is 0 Å². The van der Waals surface area contributed by atoms with E-state index in [2.05, 4.69) is 20.8 Å². The lowest BCUT2D eigenvalue weighted by Crippen LogP contribution is -2.59. The highest BCUT2D eigenvalue weighted by atomic mass is 16.5. The van der Waals surface area contributed by atoms with Gasteiger partial charge in [0, 0.05) is 13.5 Å². The van der Waals surface area contributed by atoms with E-state index in [0.717, 1.165) is 37.5 Å². The van der Waals surface area contributed by atoms with Gasteiger partial charge in [0.05, 0.1) is 19.3 Å². The highest BCUT2D eigenvalue weighted by Crippen LogP contribution is 2.68. The Morgan fingerprint density at radius 1 is 1.03 bits per heavy atom. The van der Waals surface area contributed by atoms with Gasteiger partial charge in [0.15, 0.2) is 0 Å². The van der Waals surface area contributed by atoms with E-state index in [9.17, 15) is 9.90 Å². The first-order valence-corrected chi connectivity index (χ1v) is 12.5. The second-order valence-corrected chi connectivity index (χ2v) is 11.8. The van der Waals surface area contributed by atoms with Crippen LogP contribution in [-0.4, -0.2) is 37.5 Å². The van der Waals surface area contributed by atoms with Crippen LogP contribution in [0.5, 0.6) is 0 Å². The van der Waals surface area contributed by atoms with Crippen LogP contribution >= 0.6 is 0 Å². The van der Waals surface area contributed by atoms with Crippen molar-refractivity contribution in [3.8, 4) is 0 Å². The Morgan fingerprint density at radius 3 is 2.43 bits per heavy atom. The maximum Gasteiger partial charge on any atom is 0.305 e. The molecule has 1 N–H and O–H groups in total. The zero-order chi connectivity index (χ0) is 21.7. The Kier molecular flexibility index (Phi) is 6.31. The molecule has 0 saturated heterocycles. The average Bonchev–Trinajstić information content (AvgIpc) is 3.09. The minimum atomic E-state index is -0.113. The molecule has 0 aromatic heterocycles. The van der Waals surface area contributed by atoms with E-state index in [1.54, 1.807) is 0 Å². The lowest BCUT2D eigenvalue weighted by Gasteiger charge is -2.63. The van der Waals surface area contributed by atoms with Crippen molar-refractivity contribution in [2.45, 2.75) is 97.2 Å². The fourth-order valence-corrected chi connectivity index (χ4v) is 9.05. The summed E-state index contributed by atoms with van der Waals surface area (Å²) in [5, 5.41) is 10.3. The molecule has 4 rings (SSSR count). The van der Waals surface area contributed by atoms with E-state index < -0.39 is 0 Å². The van der Waals surface area contributed by atoms with Gasteiger partial charge in [-0.1, -0.05) is 20.8 Å². The van der Waals surface area contributed by atoms with Gasteiger partial charge in [-0.3, -0.25) is 4.79 Å². The molecule has 172 valence electrons. The Hall–Kier alpha value is -0.610. The van der Waals surface area contributed by atoms with E-state index in [1.807, 2.05) is 7.11 Å². The van der Waals surface area contributed by atoms with Crippen LogP contribution in [0.2, 0.25) is 0 Å².